The van der Waals surface area contributed by atoms with Crippen molar-refractivity contribution in [1.82, 2.24) is 0 Å². The summed E-state index contributed by atoms with van der Waals surface area (Å²) >= 11 is 0. The average Bonchev–Trinajstić information content (AvgIpc) is 2.82. The number of allylic oxidation sites excluding steroid dienone is 1. The summed E-state index contributed by atoms with van der Waals surface area (Å²) in [6, 6.07) is 33.0. The maximum absolute atomic E-state index is 12.7. The Labute approximate surface area is 175 Å². The Hall–Kier alpha value is -3.98. The van der Waals surface area contributed by atoms with Crippen molar-refractivity contribution in [2.24, 2.45) is 5.16 Å². The summed E-state index contributed by atoms with van der Waals surface area (Å²) in [4.78, 5) is 18.5. The summed E-state index contributed by atoms with van der Waals surface area (Å²) in [7, 11) is 0. The van der Waals surface area contributed by atoms with Gasteiger partial charge in [0.15, 0.2) is 11.5 Å². The van der Waals surface area contributed by atoms with Gasteiger partial charge in [-0.3, -0.25) is 4.79 Å². The van der Waals surface area contributed by atoms with Crippen molar-refractivity contribution in [2.75, 3.05) is 0 Å². The summed E-state index contributed by atoms with van der Waals surface area (Å²) < 4.78 is 0. The first-order valence-corrected chi connectivity index (χ1v) is 9.78. The molecule has 0 heterocycles. The van der Waals surface area contributed by atoms with Gasteiger partial charge in [-0.1, -0.05) is 102 Å². The second-order valence-electron chi connectivity index (χ2n) is 6.93. The summed E-state index contributed by atoms with van der Waals surface area (Å²) in [5.74, 6) is 0.276. The molecule has 30 heavy (non-hydrogen) atoms. The Kier molecular flexibility index (Phi) is 5.81. The first-order valence-electron chi connectivity index (χ1n) is 9.78. The predicted molar refractivity (Wildman–Crippen MR) is 122 cm³/mol. The fraction of sp³-hybridized carbons (Fsp3) is 0.0370. The number of carbonyl (C=O) groups is 1. The van der Waals surface area contributed by atoms with Crippen LogP contribution >= 0.6 is 0 Å². The van der Waals surface area contributed by atoms with Gasteiger partial charge in [0.25, 0.3) is 0 Å². The predicted octanol–water partition coefficient (Wildman–Crippen LogP) is 6.50. The van der Waals surface area contributed by atoms with E-state index in [0.29, 0.717) is 11.3 Å². The highest BCUT2D eigenvalue weighted by Gasteiger charge is 2.09. The molecular weight excluding hydrogens is 370 g/mol. The van der Waals surface area contributed by atoms with Gasteiger partial charge in [-0.05, 0) is 29.3 Å². The first kappa shape index (κ1) is 19.3. The standard InChI is InChI=1S/C27H21NO2/c1-20(24-17-16-21-10-8-9-15-25(21)18-24)28-30-27(23-13-6-3-7-14-23)19-26(29)22-11-4-2-5-12-22/h2-19H,1H3/b27-19+,28-20+. The van der Waals surface area contributed by atoms with Gasteiger partial charge in [0.2, 0.25) is 0 Å². The molecule has 0 N–H and O–H groups in total. The van der Waals surface area contributed by atoms with Crippen LogP contribution in [0, 0.1) is 0 Å². The Balaban J connectivity index is 1.64. The molecule has 4 rings (SSSR count). The number of benzene rings is 4. The zero-order valence-electron chi connectivity index (χ0n) is 16.7. The van der Waals surface area contributed by atoms with Crippen molar-refractivity contribution >= 4 is 28.0 Å². The van der Waals surface area contributed by atoms with Crippen LogP contribution in [-0.2, 0) is 4.84 Å². The van der Waals surface area contributed by atoms with E-state index in [4.69, 9.17) is 4.84 Å². The van der Waals surface area contributed by atoms with E-state index < -0.39 is 0 Å². The quantitative estimate of drug-likeness (QED) is 0.124. The number of rotatable bonds is 6. The number of carbonyl (C=O) groups excluding carboxylic acids is 1. The van der Waals surface area contributed by atoms with Gasteiger partial charge in [-0.25, -0.2) is 0 Å². The minimum atomic E-state index is -0.131. The number of oxime groups is 1. The minimum Gasteiger partial charge on any atom is -0.356 e. The van der Waals surface area contributed by atoms with E-state index in [9.17, 15) is 4.79 Å². The van der Waals surface area contributed by atoms with Gasteiger partial charge in [0.05, 0.1) is 5.71 Å². The van der Waals surface area contributed by atoms with E-state index in [1.54, 1.807) is 12.1 Å². The zero-order chi connectivity index (χ0) is 20.8. The molecule has 0 bridgehead atoms. The molecule has 4 aromatic carbocycles. The maximum Gasteiger partial charge on any atom is 0.189 e. The number of hydrogen-bond acceptors (Lipinski definition) is 3. The third-order valence-corrected chi connectivity index (χ3v) is 4.83. The van der Waals surface area contributed by atoms with Gasteiger partial charge in [-0.2, -0.15) is 0 Å². The number of hydrogen-bond donors (Lipinski definition) is 0. The number of fused-ring (bicyclic) bond motifs is 1. The molecule has 0 radical (unpaired) electrons. The molecule has 3 nitrogen and oxygen atoms in total. The van der Waals surface area contributed by atoms with Crippen LogP contribution < -0.4 is 0 Å². The fourth-order valence-electron chi connectivity index (χ4n) is 3.15. The molecule has 146 valence electrons. The molecule has 0 aliphatic rings. The zero-order valence-corrected chi connectivity index (χ0v) is 16.7. The number of ketones is 1. The molecule has 0 aromatic heterocycles. The normalized spacial score (nSPS) is 12.0. The second-order valence-corrected chi connectivity index (χ2v) is 6.93. The van der Waals surface area contributed by atoms with Crippen LogP contribution in [-0.4, -0.2) is 11.5 Å². The van der Waals surface area contributed by atoms with Crippen molar-refractivity contribution in [3.63, 3.8) is 0 Å². The van der Waals surface area contributed by atoms with E-state index in [2.05, 4.69) is 29.4 Å². The Bertz CT molecular complexity index is 1230. The van der Waals surface area contributed by atoms with Crippen LogP contribution in [0.4, 0.5) is 0 Å². The largest absolute Gasteiger partial charge is 0.356 e. The van der Waals surface area contributed by atoms with E-state index >= 15 is 0 Å². The van der Waals surface area contributed by atoms with Crippen LogP contribution in [0.25, 0.3) is 16.5 Å². The van der Waals surface area contributed by atoms with Crippen LogP contribution in [0.3, 0.4) is 0 Å². The lowest BCUT2D eigenvalue weighted by Crippen LogP contribution is -2.00. The van der Waals surface area contributed by atoms with Crippen molar-refractivity contribution in [2.45, 2.75) is 6.92 Å². The maximum atomic E-state index is 12.7. The summed E-state index contributed by atoms with van der Waals surface area (Å²) in [5.41, 5.74) is 3.09. The van der Waals surface area contributed by atoms with Gasteiger partial charge in [0, 0.05) is 17.2 Å². The molecule has 0 amide bonds. The first-order chi connectivity index (χ1) is 14.7. The fourth-order valence-corrected chi connectivity index (χ4v) is 3.15. The summed E-state index contributed by atoms with van der Waals surface area (Å²) in [6.45, 7) is 1.89. The molecule has 0 fully saturated rings. The SMILES string of the molecule is C/C(=N\O/C(=C/C(=O)c1ccccc1)c1ccccc1)c1ccc2ccccc2c1. The highest BCUT2D eigenvalue weighted by Crippen LogP contribution is 2.20. The lowest BCUT2D eigenvalue weighted by atomic mass is 10.0. The van der Waals surface area contributed by atoms with Crippen LogP contribution in [0.1, 0.15) is 28.4 Å². The molecule has 4 aromatic rings. The third kappa shape index (κ3) is 4.53. The van der Waals surface area contributed by atoms with E-state index in [-0.39, 0.29) is 5.78 Å². The molecule has 3 heteroatoms. The van der Waals surface area contributed by atoms with E-state index in [1.165, 1.54) is 11.5 Å². The molecule has 0 unspecified atom stereocenters. The van der Waals surface area contributed by atoms with E-state index in [0.717, 1.165) is 22.2 Å². The Morgan fingerprint density at radius 3 is 2.00 bits per heavy atom. The third-order valence-electron chi connectivity index (χ3n) is 4.83. The molecule has 0 spiro atoms. The van der Waals surface area contributed by atoms with Crippen LogP contribution in [0.2, 0.25) is 0 Å². The Morgan fingerprint density at radius 1 is 0.700 bits per heavy atom. The monoisotopic (exact) mass is 391 g/mol. The van der Waals surface area contributed by atoms with Gasteiger partial charge < -0.3 is 4.84 Å². The molecule has 0 atom stereocenters. The highest BCUT2D eigenvalue weighted by molar-refractivity contribution is 6.08. The summed E-state index contributed by atoms with van der Waals surface area (Å²) in [5, 5.41) is 6.64. The van der Waals surface area contributed by atoms with E-state index in [1.807, 2.05) is 73.7 Å². The minimum absolute atomic E-state index is 0.131. The highest BCUT2D eigenvalue weighted by atomic mass is 16.6. The van der Waals surface area contributed by atoms with Gasteiger partial charge in [-0.15, -0.1) is 0 Å². The van der Waals surface area contributed by atoms with Gasteiger partial charge in [0.1, 0.15) is 0 Å². The second kappa shape index (κ2) is 9.01. The van der Waals surface area contributed by atoms with Crippen molar-refractivity contribution in [3.8, 4) is 0 Å². The van der Waals surface area contributed by atoms with Crippen molar-refractivity contribution in [1.29, 1.82) is 0 Å². The lowest BCUT2D eigenvalue weighted by Gasteiger charge is -2.08. The topological polar surface area (TPSA) is 38.7 Å². The smallest absolute Gasteiger partial charge is 0.189 e. The lowest BCUT2D eigenvalue weighted by molar-refractivity contribution is 0.104. The molecule has 0 aliphatic heterocycles. The van der Waals surface area contributed by atoms with Crippen molar-refractivity contribution < 1.29 is 9.63 Å². The molecule has 0 saturated carbocycles. The van der Waals surface area contributed by atoms with Crippen LogP contribution in [0.15, 0.2) is 114 Å². The average molecular weight is 391 g/mol. The molecule has 0 saturated heterocycles. The Morgan fingerprint density at radius 2 is 1.30 bits per heavy atom. The molecular formula is C27H21NO2. The van der Waals surface area contributed by atoms with Crippen molar-refractivity contribution in [3.05, 3.63) is 126 Å². The van der Waals surface area contributed by atoms with Crippen LogP contribution in [0.5, 0.6) is 0 Å². The number of nitrogens with zero attached hydrogens (tertiary/aromatic N) is 1. The summed E-state index contributed by atoms with van der Waals surface area (Å²) in [6.07, 6.45) is 1.49. The van der Waals surface area contributed by atoms with Gasteiger partial charge >= 0.3 is 0 Å². The molecule has 0 aliphatic carbocycles.